The third kappa shape index (κ3) is 3.18. The Morgan fingerprint density at radius 1 is 1.05 bits per heavy atom. The third-order valence-corrected chi connectivity index (χ3v) is 2.81. The van der Waals surface area contributed by atoms with E-state index in [0.29, 0.717) is 30.3 Å². The predicted octanol–water partition coefficient (Wildman–Crippen LogP) is 1.12. The molecule has 7 heteroatoms. The number of benzene rings is 1. The lowest BCUT2D eigenvalue weighted by atomic mass is 10.1. The van der Waals surface area contributed by atoms with E-state index in [4.69, 9.17) is 14.2 Å². The monoisotopic (exact) mass is 278 g/mol. The number of ether oxygens (including phenoxy) is 3. The van der Waals surface area contributed by atoms with E-state index in [-0.39, 0.29) is 0 Å². The minimum absolute atomic E-state index is 0.592. The molecule has 0 aliphatic heterocycles. The van der Waals surface area contributed by atoms with Gasteiger partial charge in [-0.2, -0.15) is 5.10 Å². The number of aromatic nitrogens is 3. The Kier molecular flexibility index (Phi) is 4.78. The standard InChI is InChI=1S/C13H18N4O3/c1-18-10-4-9(5-11(19-2)13(10)20-3)6-14-7-12-15-8-16-17-12/h4-5,8,14H,6-7H2,1-3H3,(H,15,16,17). The maximum Gasteiger partial charge on any atom is 0.203 e. The number of nitrogens with zero attached hydrogens (tertiary/aromatic N) is 2. The summed E-state index contributed by atoms with van der Waals surface area (Å²) in [6.45, 7) is 1.26. The fraction of sp³-hybridized carbons (Fsp3) is 0.385. The van der Waals surface area contributed by atoms with Gasteiger partial charge in [0, 0.05) is 6.54 Å². The summed E-state index contributed by atoms with van der Waals surface area (Å²) in [6.07, 6.45) is 1.48. The Balaban J connectivity index is 2.07. The molecule has 0 saturated heterocycles. The molecule has 2 rings (SSSR count). The molecule has 0 spiro atoms. The number of rotatable bonds is 7. The third-order valence-electron chi connectivity index (χ3n) is 2.81. The van der Waals surface area contributed by atoms with Crippen LogP contribution in [-0.4, -0.2) is 36.5 Å². The topological polar surface area (TPSA) is 81.3 Å². The highest BCUT2D eigenvalue weighted by Crippen LogP contribution is 2.38. The predicted molar refractivity (Wildman–Crippen MR) is 73.0 cm³/mol. The van der Waals surface area contributed by atoms with E-state index in [2.05, 4.69) is 20.5 Å². The summed E-state index contributed by atoms with van der Waals surface area (Å²) in [5.74, 6) is 2.66. The van der Waals surface area contributed by atoms with E-state index in [9.17, 15) is 0 Å². The maximum atomic E-state index is 5.31. The van der Waals surface area contributed by atoms with Crippen LogP contribution in [0.25, 0.3) is 0 Å². The minimum atomic E-state index is 0.592. The number of hydrogen-bond donors (Lipinski definition) is 2. The van der Waals surface area contributed by atoms with E-state index in [1.54, 1.807) is 21.3 Å². The van der Waals surface area contributed by atoms with E-state index in [1.165, 1.54) is 6.33 Å². The van der Waals surface area contributed by atoms with Crippen molar-refractivity contribution in [2.45, 2.75) is 13.1 Å². The first-order valence-corrected chi connectivity index (χ1v) is 6.12. The average molecular weight is 278 g/mol. The molecule has 0 atom stereocenters. The molecular weight excluding hydrogens is 260 g/mol. The molecule has 0 radical (unpaired) electrons. The molecule has 0 aliphatic rings. The quantitative estimate of drug-likeness (QED) is 0.790. The average Bonchev–Trinajstić information content (AvgIpc) is 2.99. The van der Waals surface area contributed by atoms with Gasteiger partial charge in [-0.1, -0.05) is 0 Å². The van der Waals surface area contributed by atoms with Crippen LogP contribution < -0.4 is 19.5 Å². The Labute approximate surface area is 117 Å². The Hall–Kier alpha value is -2.28. The van der Waals surface area contributed by atoms with E-state index >= 15 is 0 Å². The lowest BCUT2D eigenvalue weighted by Crippen LogP contribution is -2.14. The van der Waals surface area contributed by atoms with Crippen LogP contribution >= 0.6 is 0 Å². The highest BCUT2D eigenvalue weighted by atomic mass is 16.5. The van der Waals surface area contributed by atoms with Crippen LogP contribution in [0.4, 0.5) is 0 Å². The summed E-state index contributed by atoms with van der Waals surface area (Å²) in [7, 11) is 4.79. The summed E-state index contributed by atoms with van der Waals surface area (Å²) >= 11 is 0. The van der Waals surface area contributed by atoms with Crippen LogP contribution in [0.1, 0.15) is 11.4 Å². The van der Waals surface area contributed by atoms with Crippen molar-refractivity contribution in [1.29, 1.82) is 0 Å². The van der Waals surface area contributed by atoms with Gasteiger partial charge in [0.05, 0.1) is 27.9 Å². The number of methoxy groups -OCH3 is 3. The summed E-state index contributed by atoms with van der Waals surface area (Å²) in [5.41, 5.74) is 1.03. The van der Waals surface area contributed by atoms with Crippen molar-refractivity contribution in [2.75, 3.05) is 21.3 Å². The van der Waals surface area contributed by atoms with Gasteiger partial charge in [-0.15, -0.1) is 0 Å². The molecule has 0 unspecified atom stereocenters. The Bertz CT molecular complexity index is 518. The van der Waals surface area contributed by atoms with Gasteiger partial charge in [0.2, 0.25) is 5.75 Å². The molecule has 20 heavy (non-hydrogen) atoms. The molecule has 0 saturated carbocycles. The molecule has 1 heterocycles. The lowest BCUT2D eigenvalue weighted by Gasteiger charge is -2.14. The van der Waals surface area contributed by atoms with Crippen molar-refractivity contribution in [2.24, 2.45) is 0 Å². The number of nitrogens with one attached hydrogen (secondary N) is 2. The van der Waals surface area contributed by atoms with Gasteiger partial charge in [0.25, 0.3) is 0 Å². The van der Waals surface area contributed by atoms with Crippen molar-refractivity contribution >= 4 is 0 Å². The van der Waals surface area contributed by atoms with Crippen LogP contribution in [0.15, 0.2) is 18.5 Å². The SMILES string of the molecule is COc1cc(CNCc2ncn[nH]2)cc(OC)c1OC. The summed E-state index contributed by atoms with van der Waals surface area (Å²) in [4.78, 5) is 4.04. The van der Waals surface area contributed by atoms with Crippen LogP contribution in [0, 0.1) is 0 Å². The van der Waals surface area contributed by atoms with Gasteiger partial charge in [0.1, 0.15) is 12.2 Å². The van der Waals surface area contributed by atoms with Gasteiger partial charge < -0.3 is 19.5 Å². The molecular formula is C13H18N4O3. The molecule has 0 bridgehead atoms. The Morgan fingerprint density at radius 2 is 1.75 bits per heavy atom. The van der Waals surface area contributed by atoms with Crippen LogP contribution in [-0.2, 0) is 13.1 Å². The normalized spacial score (nSPS) is 10.3. The van der Waals surface area contributed by atoms with Crippen molar-refractivity contribution in [3.05, 3.63) is 29.8 Å². The van der Waals surface area contributed by atoms with Crippen molar-refractivity contribution in [3.63, 3.8) is 0 Å². The first-order chi connectivity index (χ1) is 9.78. The number of hydrogen-bond acceptors (Lipinski definition) is 6. The van der Waals surface area contributed by atoms with Gasteiger partial charge >= 0.3 is 0 Å². The van der Waals surface area contributed by atoms with E-state index in [1.807, 2.05) is 12.1 Å². The molecule has 0 fully saturated rings. The zero-order valence-electron chi connectivity index (χ0n) is 11.8. The molecule has 1 aromatic carbocycles. The Morgan fingerprint density at radius 3 is 2.25 bits per heavy atom. The van der Waals surface area contributed by atoms with Gasteiger partial charge in [0.15, 0.2) is 11.5 Å². The van der Waals surface area contributed by atoms with E-state index in [0.717, 1.165) is 11.4 Å². The summed E-state index contributed by atoms with van der Waals surface area (Å²) in [6, 6.07) is 3.82. The van der Waals surface area contributed by atoms with Crippen molar-refractivity contribution in [3.8, 4) is 17.2 Å². The molecule has 7 nitrogen and oxygen atoms in total. The molecule has 108 valence electrons. The van der Waals surface area contributed by atoms with Crippen LogP contribution in [0.2, 0.25) is 0 Å². The molecule has 2 aromatic rings. The van der Waals surface area contributed by atoms with Crippen molar-refractivity contribution < 1.29 is 14.2 Å². The highest BCUT2D eigenvalue weighted by Gasteiger charge is 2.12. The maximum absolute atomic E-state index is 5.31. The smallest absolute Gasteiger partial charge is 0.203 e. The number of aromatic amines is 1. The molecule has 2 N–H and O–H groups in total. The second-order valence-corrected chi connectivity index (χ2v) is 4.07. The summed E-state index contributed by atoms with van der Waals surface area (Å²) in [5, 5.41) is 9.84. The van der Waals surface area contributed by atoms with Crippen LogP contribution in [0.5, 0.6) is 17.2 Å². The summed E-state index contributed by atoms with van der Waals surface area (Å²) < 4.78 is 15.9. The fourth-order valence-electron chi connectivity index (χ4n) is 1.88. The zero-order valence-corrected chi connectivity index (χ0v) is 11.8. The van der Waals surface area contributed by atoms with Crippen LogP contribution in [0.3, 0.4) is 0 Å². The molecule has 0 aliphatic carbocycles. The zero-order chi connectivity index (χ0) is 14.4. The van der Waals surface area contributed by atoms with Gasteiger partial charge in [-0.05, 0) is 17.7 Å². The van der Waals surface area contributed by atoms with Crippen molar-refractivity contribution in [1.82, 2.24) is 20.5 Å². The van der Waals surface area contributed by atoms with Gasteiger partial charge in [-0.3, -0.25) is 5.10 Å². The second kappa shape index (κ2) is 6.76. The largest absolute Gasteiger partial charge is 0.493 e. The number of H-pyrrole nitrogens is 1. The first-order valence-electron chi connectivity index (χ1n) is 6.12. The minimum Gasteiger partial charge on any atom is -0.493 e. The first kappa shape index (κ1) is 14.1. The molecule has 0 amide bonds. The second-order valence-electron chi connectivity index (χ2n) is 4.07. The van der Waals surface area contributed by atoms with E-state index < -0.39 is 0 Å². The molecule has 1 aromatic heterocycles. The lowest BCUT2D eigenvalue weighted by molar-refractivity contribution is 0.323. The van der Waals surface area contributed by atoms with Gasteiger partial charge in [-0.25, -0.2) is 4.98 Å². The highest BCUT2D eigenvalue weighted by molar-refractivity contribution is 5.53. The fourth-order valence-corrected chi connectivity index (χ4v) is 1.88.